The van der Waals surface area contributed by atoms with Gasteiger partial charge in [-0.2, -0.15) is 0 Å². The van der Waals surface area contributed by atoms with E-state index in [0.717, 1.165) is 27.0 Å². The Morgan fingerprint density at radius 1 is 0.912 bits per heavy atom. The van der Waals surface area contributed by atoms with Crippen molar-refractivity contribution in [3.8, 4) is 5.75 Å². The molecule has 0 saturated heterocycles. The lowest BCUT2D eigenvalue weighted by Crippen LogP contribution is -2.33. The second-order valence-electron chi connectivity index (χ2n) is 8.02. The van der Waals surface area contributed by atoms with E-state index in [9.17, 15) is 19.2 Å². The van der Waals surface area contributed by atoms with Gasteiger partial charge < -0.3 is 14.4 Å². The maximum atomic E-state index is 12.4. The molecule has 0 aliphatic carbocycles. The van der Waals surface area contributed by atoms with Crippen molar-refractivity contribution in [2.45, 2.75) is 13.0 Å². The number of carbonyl (C=O) groups excluding carboxylic acids is 4. The van der Waals surface area contributed by atoms with E-state index in [1.165, 1.54) is 4.90 Å². The van der Waals surface area contributed by atoms with Crippen LogP contribution in [0, 0.1) is 0 Å². The maximum absolute atomic E-state index is 12.4. The minimum absolute atomic E-state index is 0.100. The number of nitrogens with zero attached hydrogens (tertiary/aromatic N) is 2. The molecule has 0 unspecified atom stereocenters. The molecule has 0 spiro atoms. The van der Waals surface area contributed by atoms with Crippen molar-refractivity contribution in [3.63, 3.8) is 0 Å². The molecular weight excluding hydrogens is 436 g/mol. The van der Waals surface area contributed by atoms with Crippen LogP contribution >= 0.6 is 0 Å². The number of rotatable bonds is 8. The van der Waals surface area contributed by atoms with E-state index in [0.29, 0.717) is 17.7 Å². The Labute approximate surface area is 196 Å². The van der Waals surface area contributed by atoms with E-state index >= 15 is 0 Å². The van der Waals surface area contributed by atoms with Crippen LogP contribution in [0.15, 0.2) is 60.7 Å². The van der Waals surface area contributed by atoms with Crippen molar-refractivity contribution >= 4 is 34.5 Å². The van der Waals surface area contributed by atoms with Crippen molar-refractivity contribution in [2.75, 3.05) is 27.3 Å². The lowest BCUT2D eigenvalue weighted by molar-refractivity contribution is -0.151. The Kier molecular flexibility index (Phi) is 6.58. The first-order valence-corrected chi connectivity index (χ1v) is 10.8. The van der Waals surface area contributed by atoms with E-state index < -0.39 is 24.4 Å². The molecule has 3 amide bonds. The number of imide groups is 1. The van der Waals surface area contributed by atoms with E-state index in [1.54, 1.807) is 38.4 Å². The molecule has 0 N–H and O–H groups in total. The van der Waals surface area contributed by atoms with Gasteiger partial charge in [0.25, 0.3) is 17.7 Å². The van der Waals surface area contributed by atoms with Gasteiger partial charge in [-0.3, -0.25) is 24.1 Å². The monoisotopic (exact) mass is 460 g/mol. The molecule has 34 heavy (non-hydrogen) atoms. The topological polar surface area (TPSA) is 93.2 Å². The van der Waals surface area contributed by atoms with Crippen LogP contribution in [0.3, 0.4) is 0 Å². The number of ether oxygens (including phenoxy) is 2. The van der Waals surface area contributed by atoms with Gasteiger partial charge >= 0.3 is 5.97 Å². The third-order valence-electron chi connectivity index (χ3n) is 5.73. The van der Waals surface area contributed by atoms with Gasteiger partial charge in [-0.05, 0) is 46.7 Å². The average molecular weight is 460 g/mol. The number of amides is 3. The van der Waals surface area contributed by atoms with Crippen molar-refractivity contribution in [1.29, 1.82) is 0 Å². The second kappa shape index (κ2) is 9.74. The predicted octanol–water partition coefficient (Wildman–Crippen LogP) is 3.04. The minimum atomic E-state index is -0.655. The van der Waals surface area contributed by atoms with Crippen LogP contribution in [0.4, 0.5) is 0 Å². The van der Waals surface area contributed by atoms with Gasteiger partial charge in [-0.15, -0.1) is 0 Å². The lowest BCUT2D eigenvalue weighted by atomic mass is 10.1. The Morgan fingerprint density at radius 3 is 2.24 bits per heavy atom. The number of hydrogen-bond acceptors (Lipinski definition) is 6. The van der Waals surface area contributed by atoms with Gasteiger partial charge in [-0.25, -0.2) is 0 Å². The number of carbonyl (C=O) groups is 4. The molecule has 8 heteroatoms. The molecule has 0 saturated carbocycles. The Morgan fingerprint density at radius 2 is 1.56 bits per heavy atom. The van der Waals surface area contributed by atoms with E-state index in [1.807, 2.05) is 36.4 Å². The van der Waals surface area contributed by atoms with Crippen LogP contribution in [0.25, 0.3) is 10.8 Å². The molecule has 0 atom stereocenters. The molecule has 0 aromatic heterocycles. The first kappa shape index (κ1) is 23.0. The standard InChI is InChI=1S/C26H24N2O6/c1-27(15-17-7-8-19-14-20(33-2)10-9-18(19)13-17)23(29)16-34-24(30)11-12-28-25(31)21-5-3-4-6-22(21)26(28)32/h3-10,13-14H,11-12,15-16H2,1-2H3. The third kappa shape index (κ3) is 4.76. The first-order chi connectivity index (χ1) is 16.4. The molecule has 0 radical (unpaired) electrons. The zero-order valence-corrected chi connectivity index (χ0v) is 18.9. The van der Waals surface area contributed by atoms with Gasteiger partial charge in [0.15, 0.2) is 6.61 Å². The molecule has 4 rings (SSSR count). The molecule has 3 aromatic rings. The van der Waals surface area contributed by atoms with Gasteiger partial charge in [0, 0.05) is 20.1 Å². The lowest BCUT2D eigenvalue weighted by Gasteiger charge is -2.18. The van der Waals surface area contributed by atoms with Crippen molar-refractivity contribution in [3.05, 3.63) is 77.4 Å². The summed E-state index contributed by atoms with van der Waals surface area (Å²) in [6, 6.07) is 18.2. The van der Waals surface area contributed by atoms with Crippen LogP contribution in [0.2, 0.25) is 0 Å². The Bertz CT molecular complexity index is 1250. The summed E-state index contributed by atoms with van der Waals surface area (Å²) in [5.41, 5.74) is 1.58. The molecule has 174 valence electrons. The fraction of sp³-hybridized carbons (Fsp3) is 0.231. The summed E-state index contributed by atoms with van der Waals surface area (Å²) in [5, 5.41) is 2.06. The highest BCUT2D eigenvalue weighted by molar-refractivity contribution is 6.21. The van der Waals surface area contributed by atoms with Gasteiger partial charge in [0.1, 0.15) is 5.75 Å². The van der Waals surface area contributed by atoms with Gasteiger partial charge in [0.2, 0.25) is 0 Å². The average Bonchev–Trinajstić information content (AvgIpc) is 3.10. The van der Waals surface area contributed by atoms with Gasteiger partial charge in [0.05, 0.1) is 24.7 Å². The summed E-state index contributed by atoms with van der Waals surface area (Å²) in [6.07, 6.45) is -0.184. The van der Waals surface area contributed by atoms with Crippen molar-refractivity contribution in [1.82, 2.24) is 9.80 Å². The van der Waals surface area contributed by atoms with Crippen LogP contribution in [-0.4, -0.2) is 60.8 Å². The molecule has 3 aromatic carbocycles. The number of fused-ring (bicyclic) bond motifs is 2. The largest absolute Gasteiger partial charge is 0.497 e. The summed E-state index contributed by atoms with van der Waals surface area (Å²) in [6.45, 7) is -0.160. The molecular formula is C26H24N2O6. The van der Waals surface area contributed by atoms with Gasteiger partial charge in [-0.1, -0.05) is 30.3 Å². The SMILES string of the molecule is COc1ccc2cc(CN(C)C(=O)COC(=O)CCN3C(=O)c4ccccc4C3=O)ccc2c1. The molecule has 1 aliphatic heterocycles. The number of likely N-dealkylation sites (N-methyl/N-ethyl adjacent to an activating group) is 1. The minimum Gasteiger partial charge on any atom is -0.497 e. The highest BCUT2D eigenvalue weighted by Gasteiger charge is 2.35. The molecule has 0 bridgehead atoms. The number of benzene rings is 3. The highest BCUT2D eigenvalue weighted by atomic mass is 16.5. The van der Waals surface area contributed by atoms with Crippen LogP contribution in [0.1, 0.15) is 32.7 Å². The van der Waals surface area contributed by atoms with Crippen LogP contribution < -0.4 is 4.74 Å². The van der Waals surface area contributed by atoms with Crippen molar-refractivity contribution in [2.24, 2.45) is 0 Å². The predicted molar refractivity (Wildman–Crippen MR) is 124 cm³/mol. The third-order valence-corrected chi connectivity index (χ3v) is 5.73. The molecule has 1 aliphatic rings. The second-order valence-corrected chi connectivity index (χ2v) is 8.02. The number of methoxy groups -OCH3 is 1. The van der Waals surface area contributed by atoms with Crippen LogP contribution in [-0.2, 0) is 20.9 Å². The van der Waals surface area contributed by atoms with E-state index in [-0.39, 0.29) is 18.9 Å². The van der Waals surface area contributed by atoms with Crippen LogP contribution in [0.5, 0.6) is 5.75 Å². The highest BCUT2D eigenvalue weighted by Crippen LogP contribution is 2.23. The zero-order chi connectivity index (χ0) is 24.2. The maximum Gasteiger partial charge on any atom is 0.308 e. The summed E-state index contributed by atoms with van der Waals surface area (Å²) < 4.78 is 10.3. The van der Waals surface area contributed by atoms with E-state index in [2.05, 4.69) is 0 Å². The summed E-state index contributed by atoms with van der Waals surface area (Å²) >= 11 is 0. The molecule has 8 nitrogen and oxygen atoms in total. The molecule has 0 fully saturated rings. The molecule has 1 heterocycles. The fourth-order valence-corrected chi connectivity index (χ4v) is 3.83. The number of hydrogen-bond donors (Lipinski definition) is 0. The normalized spacial score (nSPS) is 12.6. The number of esters is 1. The summed E-state index contributed by atoms with van der Waals surface area (Å²) in [4.78, 5) is 51.7. The fourth-order valence-electron chi connectivity index (χ4n) is 3.83. The summed E-state index contributed by atoms with van der Waals surface area (Å²) in [7, 11) is 3.25. The quantitative estimate of drug-likeness (QED) is 0.379. The van der Waals surface area contributed by atoms with Crippen molar-refractivity contribution < 1.29 is 28.7 Å². The Balaban J connectivity index is 1.25. The van der Waals surface area contributed by atoms with E-state index in [4.69, 9.17) is 9.47 Å². The zero-order valence-electron chi connectivity index (χ0n) is 18.9. The Hall–Kier alpha value is -4.20. The summed E-state index contributed by atoms with van der Waals surface area (Å²) in [5.74, 6) is -1.10. The smallest absolute Gasteiger partial charge is 0.308 e. The first-order valence-electron chi connectivity index (χ1n) is 10.8.